The Morgan fingerprint density at radius 1 is 1.26 bits per heavy atom. The molecule has 0 fully saturated rings. The average molecular weight is 333 g/mol. The van der Waals surface area contributed by atoms with Crippen molar-refractivity contribution in [3.8, 4) is 11.5 Å². The number of primary amides is 1. The molecule has 0 bridgehead atoms. The van der Waals surface area contributed by atoms with Crippen molar-refractivity contribution in [2.45, 2.75) is 13.0 Å². The standard InChI is InChI=1S/C17H17ClN2O3/c1-12(20(22)17(19)21)5-6-13-3-2-4-16(11-13)23-15-9-7-14(18)8-10-15/h2-12,22H,1H3,(H2,19,21)/b6-5+/t12-/m0/s1. The lowest BCUT2D eigenvalue weighted by Gasteiger charge is -2.16. The van der Waals surface area contributed by atoms with Crippen molar-refractivity contribution in [3.05, 3.63) is 65.2 Å². The van der Waals surface area contributed by atoms with Crippen molar-refractivity contribution < 1.29 is 14.7 Å². The fourth-order valence-electron chi connectivity index (χ4n) is 1.85. The second-order valence-electron chi connectivity index (χ2n) is 4.91. The van der Waals surface area contributed by atoms with Crippen molar-refractivity contribution >= 4 is 23.7 Å². The van der Waals surface area contributed by atoms with Gasteiger partial charge in [0.2, 0.25) is 0 Å². The lowest BCUT2D eigenvalue weighted by molar-refractivity contribution is -0.0560. The van der Waals surface area contributed by atoms with Gasteiger partial charge in [-0.3, -0.25) is 5.21 Å². The van der Waals surface area contributed by atoms with Crippen LogP contribution in [0.1, 0.15) is 12.5 Å². The minimum absolute atomic E-state index is 0.463. The highest BCUT2D eigenvalue weighted by Crippen LogP contribution is 2.24. The summed E-state index contributed by atoms with van der Waals surface area (Å²) in [5, 5.41) is 10.5. The van der Waals surface area contributed by atoms with Crippen LogP contribution in [-0.2, 0) is 0 Å². The maximum absolute atomic E-state index is 10.9. The Morgan fingerprint density at radius 3 is 2.61 bits per heavy atom. The first-order valence-electron chi connectivity index (χ1n) is 6.95. The van der Waals surface area contributed by atoms with Gasteiger partial charge in [0.15, 0.2) is 0 Å². The van der Waals surface area contributed by atoms with Gasteiger partial charge in [-0.05, 0) is 48.9 Å². The summed E-state index contributed by atoms with van der Waals surface area (Å²) in [5.74, 6) is 1.34. The predicted octanol–water partition coefficient (Wildman–Crippen LogP) is 4.30. The first kappa shape index (κ1) is 16.9. The van der Waals surface area contributed by atoms with E-state index in [0.29, 0.717) is 21.6 Å². The molecule has 0 saturated heterocycles. The number of halogens is 1. The lowest BCUT2D eigenvalue weighted by atomic mass is 10.1. The van der Waals surface area contributed by atoms with Gasteiger partial charge in [0.25, 0.3) is 0 Å². The highest BCUT2D eigenvalue weighted by atomic mass is 35.5. The molecule has 0 saturated carbocycles. The molecule has 2 aromatic rings. The number of carbonyl (C=O) groups excluding carboxylic acids is 1. The van der Waals surface area contributed by atoms with Crippen LogP contribution in [0.15, 0.2) is 54.6 Å². The Hall–Kier alpha value is -2.50. The SMILES string of the molecule is C[C@@H](/C=C/c1cccc(Oc2ccc(Cl)cc2)c1)N(O)C(N)=O. The Kier molecular flexibility index (Phi) is 5.62. The molecule has 0 radical (unpaired) electrons. The van der Waals surface area contributed by atoms with Crippen LogP contribution in [0.5, 0.6) is 11.5 Å². The summed E-state index contributed by atoms with van der Waals surface area (Å²) in [6, 6.07) is 13.0. The summed E-state index contributed by atoms with van der Waals surface area (Å²) in [4.78, 5) is 10.9. The molecule has 3 N–H and O–H groups in total. The number of nitrogens with two attached hydrogens (primary N) is 1. The molecular formula is C17H17ClN2O3. The second kappa shape index (κ2) is 7.67. The van der Waals surface area contributed by atoms with Crippen molar-refractivity contribution in [1.82, 2.24) is 5.06 Å². The molecule has 0 aromatic heterocycles. The molecule has 6 heteroatoms. The van der Waals surface area contributed by atoms with E-state index < -0.39 is 12.1 Å². The number of carbonyl (C=O) groups is 1. The van der Waals surface area contributed by atoms with Crippen molar-refractivity contribution in [2.75, 3.05) is 0 Å². The van der Waals surface area contributed by atoms with E-state index in [4.69, 9.17) is 22.1 Å². The van der Waals surface area contributed by atoms with Gasteiger partial charge in [-0.2, -0.15) is 5.06 Å². The van der Waals surface area contributed by atoms with Gasteiger partial charge in [-0.25, -0.2) is 4.79 Å². The molecule has 2 rings (SSSR count). The van der Waals surface area contributed by atoms with Gasteiger partial charge in [0.05, 0.1) is 6.04 Å². The first-order chi connectivity index (χ1) is 11.0. The van der Waals surface area contributed by atoms with Crippen LogP contribution in [0.25, 0.3) is 6.08 Å². The minimum atomic E-state index is -0.901. The van der Waals surface area contributed by atoms with Crippen molar-refractivity contribution in [3.63, 3.8) is 0 Å². The van der Waals surface area contributed by atoms with Crippen LogP contribution >= 0.6 is 11.6 Å². The molecule has 0 unspecified atom stereocenters. The van der Waals surface area contributed by atoms with Gasteiger partial charge in [0.1, 0.15) is 11.5 Å². The fourth-order valence-corrected chi connectivity index (χ4v) is 1.98. The van der Waals surface area contributed by atoms with Gasteiger partial charge >= 0.3 is 6.03 Å². The Bertz CT molecular complexity index is 701. The Balaban J connectivity index is 2.07. The number of amides is 2. The summed E-state index contributed by atoms with van der Waals surface area (Å²) in [6.07, 6.45) is 3.43. The molecule has 0 spiro atoms. The van der Waals surface area contributed by atoms with Crippen LogP contribution in [0.2, 0.25) is 5.02 Å². The summed E-state index contributed by atoms with van der Waals surface area (Å²) >= 11 is 5.84. The second-order valence-corrected chi connectivity index (χ2v) is 5.35. The largest absolute Gasteiger partial charge is 0.457 e. The number of hydrogen-bond acceptors (Lipinski definition) is 3. The lowest BCUT2D eigenvalue weighted by Crippen LogP contribution is -2.38. The van der Waals surface area contributed by atoms with E-state index in [1.807, 2.05) is 24.3 Å². The molecule has 120 valence electrons. The predicted molar refractivity (Wildman–Crippen MR) is 89.7 cm³/mol. The maximum Gasteiger partial charge on any atom is 0.339 e. The van der Waals surface area contributed by atoms with Gasteiger partial charge < -0.3 is 10.5 Å². The number of hydroxylamine groups is 2. The molecule has 2 amide bonds. The van der Waals surface area contributed by atoms with Crippen LogP contribution in [-0.4, -0.2) is 22.3 Å². The highest BCUT2D eigenvalue weighted by Gasteiger charge is 2.11. The monoisotopic (exact) mass is 332 g/mol. The number of ether oxygens (including phenoxy) is 1. The van der Waals surface area contributed by atoms with E-state index in [9.17, 15) is 10.0 Å². The summed E-state index contributed by atoms with van der Waals surface area (Å²) < 4.78 is 5.74. The van der Waals surface area contributed by atoms with E-state index in [0.717, 1.165) is 5.56 Å². The molecular weight excluding hydrogens is 316 g/mol. The first-order valence-corrected chi connectivity index (χ1v) is 7.33. The zero-order valence-electron chi connectivity index (χ0n) is 12.5. The van der Waals surface area contributed by atoms with Gasteiger partial charge in [-0.1, -0.05) is 35.9 Å². The van der Waals surface area contributed by atoms with E-state index in [1.165, 1.54) is 0 Å². The molecule has 23 heavy (non-hydrogen) atoms. The van der Waals surface area contributed by atoms with Crippen molar-refractivity contribution in [2.24, 2.45) is 5.73 Å². The summed E-state index contributed by atoms with van der Waals surface area (Å²) in [7, 11) is 0. The zero-order valence-corrected chi connectivity index (χ0v) is 13.3. The summed E-state index contributed by atoms with van der Waals surface area (Å²) in [6.45, 7) is 1.65. The molecule has 2 aromatic carbocycles. The van der Waals surface area contributed by atoms with Gasteiger partial charge in [0, 0.05) is 5.02 Å². The Morgan fingerprint density at radius 2 is 1.96 bits per heavy atom. The van der Waals surface area contributed by atoms with E-state index >= 15 is 0 Å². The third kappa shape index (κ3) is 5.02. The normalized spacial score (nSPS) is 12.1. The van der Waals surface area contributed by atoms with Crippen LogP contribution in [0, 0.1) is 0 Å². The minimum Gasteiger partial charge on any atom is -0.457 e. The Labute approximate surface area is 139 Å². The average Bonchev–Trinajstić information content (AvgIpc) is 2.54. The molecule has 0 heterocycles. The summed E-state index contributed by atoms with van der Waals surface area (Å²) in [5.41, 5.74) is 5.86. The highest BCUT2D eigenvalue weighted by molar-refractivity contribution is 6.30. The number of benzene rings is 2. The number of urea groups is 1. The molecule has 0 aliphatic carbocycles. The number of nitrogens with zero attached hydrogens (tertiary/aromatic N) is 1. The smallest absolute Gasteiger partial charge is 0.339 e. The van der Waals surface area contributed by atoms with Crippen LogP contribution in [0.4, 0.5) is 4.79 Å². The molecule has 1 atom stereocenters. The van der Waals surface area contributed by atoms with E-state index in [1.54, 1.807) is 43.3 Å². The van der Waals surface area contributed by atoms with E-state index in [2.05, 4.69) is 0 Å². The molecule has 0 aliphatic heterocycles. The fraction of sp³-hybridized carbons (Fsp3) is 0.118. The zero-order chi connectivity index (χ0) is 16.8. The third-order valence-corrected chi connectivity index (χ3v) is 3.34. The molecule has 5 nitrogen and oxygen atoms in total. The van der Waals surface area contributed by atoms with Crippen molar-refractivity contribution in [1.29, 1.82) is 0 Å². The number of rotatable bonds is 5. The topological polar surface area (TPSA) is 75.8 Å². The van der Waals surface area contributed by atoms with Crippen LogP contribution < -0.4 is 10.5 Å². The van der Waals surface area contributed by atoms with Gasteiger partial charge in [-0.15, -0.1) is 0 Å². The third-order valence-electron chi connectivity index (χ3n) is 3.09. The number of hydrogen-bond donors (Lipinski definition) is 2. The van der Waals surface area contributed by atoms with Crippen LogP contribution in [0.3, 0.4) is 0 Å². The quantitative estimate of drug-likeness (QED) is 0.633. The van der Waals surface area contributed by atoms with E-state index in [-0.39, 0.29) is 0 Å². The molecule has 0 aliphatic rings. The maximum atomic E-state index is 10.9.